The summed E-state index contributed by atoms with van der Waals surface area (Å²) in [6.45, 7) is 0. The van der Waals surface area contributed by atoms with E-state index in [1.165, 1.54) is 12.1 Å². The average Bonchev–Trinajstić information content (AvgIpc) is 2.77. The van der Waals surface area contributed by atoms with E-state index in [-0.39, 0.29) is 33.8 Å². The Morgan fingerprint density at radius 3 is 2.24 bits per heavy atom. The predicted octanol–water partition coefficient (Wildman–Crippen LogP) is 2.91. The Morgan fingerprint density at radius 2 is 1.65 bits per heavy atom. The van der Waals surface area contributed by atoms with Gasteiger partial charge in [0, 0.05) is 34.5 Å². The zero-order valence-corrected chi connectivity index (χ0v) is 18.5. The van der Waals surface area contributed by atoms with E-state index < -0.39 is 26.9 Å². The van der Waals surface area contributed by atoms with Crippen molar-refractivity contribution in [2.24, 2.45) is 5.73 Å². The fraction of sp³-hybridized carbons (Fsp3) is 0.0455. The molecule has 0 aliphatic carbocycles. The van der Waals surface area contributed by atoms with Crippen molar-refractivity contribution in [3.05, 3.63) is 93.5 Å². The van der Waals surface area contributed by atoms with Crippen molar-refractivity contribution in [1.82, 2.24) is 0 Å². The second-order valence-corrected chi connectivity index (χ2v) is 8.63. The van der Waals surface area contributed by atoms with Crippen LogP contribution in [0.3, 0.4) is 0 Å². The van der Waals surface area contributed by atoms with Gasteiger partial charge in [0.25, 0.3) is 11.6 Å². The number of nitro benzene ring substituents is 1. The fourth-order valence-corrected chi connectivity index (χ4v) is 3.44. The number of hydrogen-bond donors (Lipinski definition) is 3. The summed E-state index contributed by atoms with van der Waals surface area (Å²) in [6.07, 6.45) is 0.689. The van der Waals surface area contributed by atoms with Crippen LogP contribution in [0, 0.1) is 15.5 Å². The third-order valence-corrected chi connectivity index (χ3v) is 5.03. The van der Waals surface area contributed by atoms with Crippen molar-refractivity contribution in [2.45, 2.75) is 0 Å². The molecule has 0 aromatic heterocycles. The molecule has 3 rings (SSSR count). The van der Waals surface area contributed by atoms with E-state index in [2.05, 4.69) is 9.50 Å². The van der Waals surface area contributed by atoms with Crippen molar-refractivity contribution in [3.8, 4) is 11.1 Å². The van der Waals surface area contributed by atoms with Crippen LogP contribution >= 0.6 is 0 Å². The van der Waals surface area contributed by atoms with Gasteiger partial charge in [-0.3, -0.25) is 20.3 Å². The Hall–Kier alpha value is -4.58. The maximum Gasteiger partial charge on any atom is 0.354 e. The van der Waals surface area contributed by atoms with E-state index in [0.717, 1.165) is 18.2 Å². The molecule has 0 aliphatic rings. The Balaban J connectivity index is 2.07. The van der Waals surface area contributed by atoms with Crippen LogP contribution in [0.5, 0.6) is 0 Å². The predicted molar refractivity (Wildman–Crippen MR) is 124 cm³/mol. The first kappa shape index (κ1) is 24.1. The number of carbonyl (C=O) groups is 2. The van der Waals surface area contributed by atoms with E-state index in [1.54, 1.807) is 36.4 Å². The normalized spacial score (nSPS) is 10.9. The Morgan fingerprint density at radius 1 is 1.00 bits per heavy atom. The van der Waals surface area contributed by atoms with Crippen molar-refractivity contribution < 1.29 is 27.1 Å². The minimum Gasteiger partial charge on any atom is -0.384 e. The van der Waals surface area contributed by atoms with Crippen molar-refractivity contribution in [1.29, 1.82) is 5.41 Å². The second kappa shape index (κ2) is 9.50. The number of benzene rings is 3. The van der Waals surface area contributed by atoms with Crippen LogP contribution in [0.25, 0.3) is 11.1 Å². The zero-order chi connectivity index (χ0) is 25.0. The first-order chi connectivity index (χ1) is 16.0. The number of non-ortho nitro benzene ring substituents is 1. The van der Waals surface area contributed by atoms with Gasteiger partial charge in [-0.05, 0) is 42.0 Å². The largest absolute Gasteiger partial charge is 0.384 e. The van der Waals surface area contributed by atoms with Gasteiger partial charge in [0.05, 0.1) is 16.7 Å². The molecule has 0 spiro atoms. The molecular formula is C22H18N4O7S. The number of amidine groups is 1. The number of anilines is 1. The number of rotatable bonds is 7. The van der Waals surface area contributed by atoms with Crippen LogP contribution < -0.4 is 11.1 Å². The summed E-state index contributed by atoms with van der Waals surface area (Å²) in [4.78, 5) is 36.2. The first-order valence-corrected chi connectivity index (χ1v) is 11.4. The van der Waals surface area contributed by atoms with Gasteiger partial charge in [-0.15, -0.1) is 0 Å². The lowest BCUT2D eigenvalue weighted by molar-refractivity contribution is -0.384. The topological polar surface area (TPSA) is 183 Å². The van der Waals surface area contributed by atoms with E-state index in [9.17, 15) is 28.1 Å². The van der Waals surface area contributed by atoms with Crippen LogP contribution in [0.1, 0.15) is 26.3 Å². The molecule has 0 saturated carbocycles. The quantitative estimate of drug-likeness (QED) is 0.151. The minimum atomic E-state index is -4.16. The van der Waals surface area contributed by atoms with Crippen LogP contribution in [0.15, 0.2) is 66.7 Å². The Labute approximate surface area is 194 Å². The SMILES string of the molecule is CS(=O)(=O)OC(=O)c1ccc([N+](=O)[O-])cc1-c1ccccc1C(=O)Nc1ccc(C(=N)N)cc1. The molecule has 3 aromatic rings. The van der Waals surface area contributed by atoms with Crippen LogP contribution in [0.4, 0.5) is 11.4 Å². The van der Waals surface area contributed by atoms with Gasteiger partial charge in [0.2, 0.25) is 0 Å². The summed E-state index contributed by atoms with van der Waals surface area (Å²) in [5, 5.41) is 21.4. The lowest BCUT2D eigenvalue weighted by Gasteiger charge is -2.13. The highest BCUT2D eigenvalue weighted by molar-refractivity contribution is 7.86. The lowest BCUT2D eigenvalue weighted by Crippen LogP contribution is -2.16. The van der Waals surface area contributed by atoms with Gasteiger partial charge in [0.1, 0.15) is 5.84 Å². The molecule has 11 nitrogen and oxygen atoms in total. The molecule has 1 amide bonds. The van der Waals surface area contributed by atoms with E-state index in [1.807, 2.05) is 0 Å². The molecular weight excluding hydrogens is 464 g/mol. The summed E-state index contributed by atoms with van der Waals surface area (Å²) >= 11 is 0. The van der Waals surface area contributed by atoms with Gasteiger partial charge in [0.15, 0.2) is 0 Å². The number of nitro groups is 1. The second-order valence-electron chi connectivity index (χ2n) is 7.05. The Bertz CT molecular complexity index is 1420. The summed E-state index contributed by atoms with van der Waals surface area (Å²) < 4.78 is 27.3. The smallest absolute Gasteiger partial charge is 0.354 e. The number of hydrogen-bond acceptors (Lipinski definition) is 8. The van der Waals surface area contributed by atoms with Crippen molar-refractivity contribution in [2.75, 3.05) is 11.6 Å². The van der Waals surface area contributed by atoms with Crippen LogP contribution in [-0.2, 0) is 14.3 Å². The summed E-state index contributed by atoms with van der Waals surface area (Å²) in [5.74, 6) is -1.98. The number of nitrogen functional groups attached to an aromatic ring is 1. The molecule has 0 aliphatic heterocycles. The van der Waals surface area contributed by atoms with Gasteiger partial charge in [-0.1, -0.05) is 18.2 Å². The minimum absolute atomic E-state index is 0.0551. The van der Waals surface area contributed by atoms with Crippen LogP contribution in [-0.4, -0.2) is 37.3 Å². The highest BCUT2D eigenvalue weighted by atomic mass is 32.2. The highest BCUT2D eigenvalue weighted by Gasteiger charge is 2.24. The molecule has 34 heavy (non-hydrogen) atoms. The zero-order valence-electron chi connectivity index (χ0n) is 17.6. The molecule has 4 N–H and O–H groups in total. The molecule has 0 atom stereocenters. The molecule has 12 heteroatoms. The van der Waals surface area contributed by atoms with Crippen molar-refractivity contribution in [3.63, 3.8) is 0 Å². The number of carbonyl (C=O) groups excluding carboxylic acids is 2. The third kappa shape index (κ3) is 5.61. The molecule has 0 fully saturated rings. The van der Waals surface area contributed by atoms with Gasteiger partial charge >= 0.3 is 16.1 Å². The summed E-state index contributed by atoms with van der Waals surface area (Å²) in [6, 6.07) is 15.3. The lowest BCUT2D eigenvalue weighted by atomic mass is 9.94. The molecule has 0 bridgehead atoms. The van der Waals surface area contributed by atoms with E-state index in [0.29, 0.717) is 17.5 Å². The number of nitrogens with two attached hydrogens (primary N) is 1. The number of amides is 1. The molecule has 0 saturated heterocycles. The Kier molecular flexibility index (Phi) is 6.73. The van der Waals surface area contributed by atoms with E-state index in [4.69, 9.17) is 11.1 Å². The third-order valence-electron chi connectivity index (χ3n) is 4.58. The average molecular weight is 482 g/mol. The van der Waals surface area contributed by atoms with Crippen LogP contribution in [0.2, 0.25) is 0 Å². The monoisotopic (exact) mass is 482 g/mol. The maximum absolute atomic E-state index is 13.0. The fourth-order valence-electron chi connectivity index (χ4n) is 3.08. The molecule has 0 radical (unpaired) electrons. The van der Waals surface area contributed by atoms with Crippen molar-refractivity contribution >= 4 is 39.2 Å². The molecule has 174 valence electrons. The first-order valence-electron chi connectivity index (χ1n) is 9.53. The van der Waals surface area contributed by atoms with Gasteiger partial charge < -0.3 is 15.2 Å². The number of nitrogens with one attached hydrogen (secondary N) is 2. The molecule has 0 unspecified atom stereocenters. The standard InChI is InChI=1S/C22H18N4O7S/c1-34(31,32)33-22(28)18-11-10-15(26(29)30)12-19(18)16-4-2-3-5-17(16)21(27)25-14-8-6-13(7-9-14)20(23)24/h2-12H,1H3,(H3,23,24)(H,25,27). The van der Waals surface area contributed by atoms with Gasteiger partial charge in [-0.2, -0.15) is 8.42 Å². The molecule has 0 heterocycles. The van der Waals surface area contributed by atoms with E-state index >= 15 is 0 Å². The number of nitrogens with zero attached hydrogens (tertiary/aromatic N) is 1. The van der Waals surface area contributed by atoms with Gasteiger partial charge in [-0.25, -0.2) is 4.79 Å². The summed E-state index contributed by atoms with van der Waals surface area (Å²) in [5.41, 5.74) is 5.77. The molecule has 3 aromatic carbocycles. The maximum atomic E-state index is 13.0. The summed E-state index contributed by atoms with van der Waals surface area (Å²) in [7, 11) is -4.16. The highest BCUT2D eigenvalue weighted by Crippen LogP contribution is 2.32.